The molecule has 2 bridgehead atoms. The highest BCUT2D eigenvalue weighted by atomic mass is 79.9. The number of aryl methyl sites for hydroxylation is 2. The van der Waals surface area contributed by atoms with Gasteiger partial charge < -0.3 is 0 Å². The third-order valence-corrected chi connectivity index (χ3v) is 5.81. The quantitative estimate of drug-likeness (QED) is 0.775. The van der Waals surface area contributed by atoms with Gasteiger partial charge >= 0.3 is 0 Å². The Balaban J connectivity index is 1.81. The summed E-state index contributed by atoms with van der Waals surface area (Å²) in [6.07, 6.45) is 4.91. The van der Waals surface area contributed by atoms with E-state index in [0.717, 1.165) is 29.6 Å². The van der Waals surface area contributed by atoms with Gasteiger partial charge in [0, 0.05) is 31.1 Å². The Morgan fingerprint density at radius 3 is 2.44 bits per heavy atom. The first-order valence-corrected chi connectivity index (χ1v) is 7.87. The van der Waals surface area contributed by atoms with Gasteiger partial charge in [0.05, 0.1) is 15.9 Å². The van der Waals surface area contributed by atoms with E-state index in [2.05, 4.69) is 25.9 Å². The van der Waals surface area contributed by atoms with Gasteiger partial charge in [-0.3, -0.25) is 9.58 Å². The third-order valence-electron chi connectivity index (χ3n) is 4.42. The topological polar surface area (TPSA) is 21.1 Å². The average Bonchev–Trinajstić information content (AvgIpc) is 2.68. The van der Waals surface area contributed by atoms with E-state index in [1.54, 1.807) is 0 Å². The summed E-state index contributed by atoms with van der Waals surface area (Å²) in [4.78, 5) is 2.64. The van der Waals surface area contributed by atoms with Gasteiger partial charge in [-0.25, -0.2) is 0 Å². The first-order valence-electron chi connectivity index (χ1n) is 6.64. The molecule has 2 saturated heterocycles. The van der Waals surface area contributed by atoms with Crippen molar-refractivity contribution >= 4 is 27.5 Å². The third kappa shape index (κ3) is 2.12. The first-order chi connectivity index (χ1) is 8.56. The minimum absolute atomic E-state index is 0.385. The fourth-order valence-electron chi connectivity index (χ4n) is 3.49. The van der Waals surface area contributed by atoms with Gasteiger partial charge in [0.25, 0.3) is 0 Å². The molecule has 2 aliphatic rings. The molecule has 2 fully saturated rings. The van der Waals surface area contributed by atoms with Crippen molar-refractivity contribution in [2.45, 2.75) is 56.6 Å². The number of fused-ring (bicyclic) bond motifs is 2. The Hall–Kier alpha value is -0.0600. The van der Waals surface area contributed by atoms with Gasteiger partial charge in [-0.1, -0.05) is 0 Å². The number of aromatic nitrogens is 2. The second kappa shape index (κ2) is 4.80. The molecule has 0 N–H and O–H groups in total. The van der Waals surface area contributed by atoms with Gasteiger partial charge in [0.15, 0.2) is 0 Å². The van der Waals surface area contributed by atoms with Crippen LogP contribution in [0.1, 0.15) is 37.1 Å². The molecule has 100 valence electrons. The smallest absolute Gasteiger partial charge is 0.0739 e. The molecule has 0 aliphatic carbocycles. The lowest BCUT2D eigenvalue weighted by molar-refractivity contribution is 0.131. The van der Waals surface area contributed by atoms with Crippen LogP contribution in [0.25, 0.3) is 0 Å². The van der Waals surface area contributed by atoms with E-state index in [1.807, 2.05) is 18.7 Å². The lowest BCUT2D eigenvalue weighted by atomic mass is 10.0. The van der Waals surface area contributed by atoms with Crippen molar-refractivity contribution in [3.05, 3.63) is 15.9 Å². The number of hydrogen-bond acceptors (Lipinski definition) is 2. The largest absolute Gasteiger partial charge is 0.291 e. The van der Waals surface area contributed by atoms with Crippen LogP contribution in [0, 0.1) is 6.92 Å². The second-order valence-corrected chi connectivity index (χ2v) is 7.01. The molecule has 0 radical (unpaired) electrons. The summed E-state index contributed by atoms with van der Waals surface area (Å²) < 4.78 is 3.17. The zero-order valence-electron chi connectivity index (χ0n) is 10.9. The van der Waals surface area contributed by atoms with Crippen LogP contribution in [0.5, 0.6) is 0 Å². The van der Waals surface area contributed by atoms with Crippen LogP contribution in [-0.2, 0) is 13.6 Å². The normalized spacial score (nSPS) is 32.1. The molecule has 0 saturated carbocycles. The molecule has 5 heteroatoms. The number of hydrogen-bond donors (Lipinski definition) is 0. The second-order valence-electron chi connectivity index (χ2n) is 5.60. The van der Waals surface area contributed by atoms with Crippen molar-refractivity contribution in [2.24, 2.45) is 7.05 Å². The molecule has 3 nitrogen and oxygen atoms in total. The molecule has 1 aromatic heterocycles. The number of piperidine rings is 1. The first kappa shape index (κ1) is 12.9. The van der Waals surface area contributed by atoms with Crippen LogP contribution in [0.2, 0.25) is 0 Å². The Morgan fingerprint density at radius 2 is 1.94 bits per heavy atom. The summed E-state index contributed by atoms with van der Waals surface area (Å²) in [5.74, 6) is 0. The lowest BCUT2D eigenvalue weighted by Crippen LogP contribution is -2.43. The Labute approximate surface area is 122 Å². The number of nitrogens with zero attached hydrogens (tertiary/aromatic N) is 3. The summed E-state index contributed by atoms with van der Waals surface area (Å²) in [5, 5.41) is 4.86. The van der Waals surface area contributed by atoms with Crippen molar-refractivity contribution in [1.29, 1.82) is 0 Å². The Bertz CT molecular complexity index is 445. The summed E-state index contributed by atoms with van der Waals surface area (Å²) >= 11 is 9.99. The van der Waals surface area contributed by atoms with Gasteiger partial charge in [-0.05, 0) is 48.5 Å². The van der Waals surface area contributed by atoms with Crippen molar-refractivity contribution in [1.82, 2.24) is 14.7 Å². The maximum atomic E-state index is 6.33. The van der Waals surface area contributed by atoms with E-state index in [0.29, 0.717) is 17.5 Å². The van der Waals surface area contributed by atoms with Gasteiger partial charge in [0.1, 0.15) is 0 Å². The molecule has 1 aromatic rings. The number of rotatable bonds is 2. The molecule has 2 atom stereocenters. The molecule has 2 aliphatic heterocycles. The van der Waals surface area contributed by atoms with E-state index < -0.39 is 0 Å². The van der Waals surface area contributed by atoms with Gasteiger partial charge in [-0.2, -0.15) is 5.10 Å². The number of halogens is 2. The highest BCUT2D eigenvalue weighted by Gasteiger charge is 2.40. The molecule has 3 rings (SSSR count). The maximum absolute atomic E-state index is 6.33. The van der Waals surface area contributed by atoms with Crippen LogP contribution in [0.3, 0.4) is 0 Å². The summed E-state index contributed by atoms with van der Waals surface area (Å²) in [6, 6.07) is 1.35. The number of alkyl halides is 1. The molecular formula is C13H19BrClN3. The SMILES string of the molecule is Cc1nn(C)c(CN2C3CCC2CC(Cl)C3)c1Br. The van der Waals surface area contributed by atoms with Crippen LogP contribution in [-0.4, -0.2) is 32.1 Å². The monoisotopic (exact) mass is 331 g/mol. The van der Waals surface area contributed by atoms with Gasteiger partial charge in [0.2, 0.25) is 0 Å². The van der Waals surface area contributed by atoms with Gasteiger partial charge in [-0.15, -0.1) is 11.6 Å². The predicted octanol–water partition coefficient (Wildman–Crippen LogP) is 3.23. The lowest BCUT2D eigenvalue weighted by Gasteiger charge is -2.36. The highest BCUT2D eigenvalue weighted by molar-refractivity contribution is 9.10. The van der Waals surface area contributed by atoms with E-state index in [4.69, 9.17) is 11.6 Å². The Morgan fingerprint density at radius 1 is 1.33 bits per heavy atom. The molecule has 2 unspecified atom stereocenters. The van der Waals surface area contributed by atoms with E-state index in [9.17, 15) is 0 Å². The minimum Gasteiger partial charge on any atom is -0.291 e. The van der Waals surface area contributed by atoms with Crippen LogP contribution < -0.4 is 0 Å². The standard InChI is InChI=1S/C13H19BrClN3/c1-8-13(14)12(17(2)16-8)7-18-10-3-4-11(18)6-9(15)5-10/h9-11H,3-7H2,1-2H3. The zero-order valence-corrected chi connectivity index (χ0v) is 13.2. The van der Waals surface area contributed by atoms with Crippen molar-refractivity contribution in [3.8, 4) is 0 Å². The fraction of sp³-hybridized carbons (Fsp3) is 0.769. The predicted molar refractivity (Wildman–Crippen MR) is 76.9 cm³/mol. The minimum atomic E-state index is 0.385. The summed E-state index contributed by atoms with van der Waals surface area (Å²) in [6.45, 7) is 3.05. The van der Waals surface area contributed by atoms with Crippen molar-refractivity contribution in [3.63, 3.8) is 0 Å². The van der Waals surface area contributed by atoms with Crippen molar-refractivity contribution < 1.29 is 0 Å². The van der Waals surface area contributed by atoms with Crippen molar-refractivity contribution in [2.75, 3.05) is 0 Å². The molecule has 0 spiro atoms. The Kier molecular flexibility index (Phi) is 3.45. The molecule has 0 aromatic carbocycles. The van der Waals surface area contributed by atoms with Crippen LogP contribution in [0.4, 0.5) is 0 Å². The summed E-state index contributed by atoms with van der Waals surface area (Å²) in [5.41, 5.74) is 2.37. The zero-order chi connectivity index (χ0) is 12.9. The van der Waals surface area contributed by atoms with E-state index in [-0.39, 0.29) is 0 Å². The van der Waals surface area contributed by atoms with E-state index >= 15 is 0 Å². The average molecular weight is 333 g/mol. The fourth-order valence-corrected chi connectivity index (χ4v) is 4.36. The molecule has 3 heterocycles. The van der Waals surface area contributed by atoms with Crippen LogP contribution >= 0.6 is 27.5 Å². The summed E-state index contributed by atoms with van der Waals surface area (Å²) in [7, 11) is 2.03. The highest BCUT2D eigenvalue weighted by Crippen LogP contribution is 2.39. The molecular weight excluding hydrogens is 314 g/mol. The molecule has 18 heavy (non-hydrogen) atoms. The molecule has 0 amide bonds. The van der Waals surface area contributed by atoms with Crippen LogP contribution in [0.15, 0.2) is 4.47 Å². The maximum Gasteiger partial charge on any atom is 0.0739 e. The van der Waals surface area contributed by atoms with E-state index in [1.165, 1.54) is 18.5 Å².